The molecule has 4 aromatic heterocycles. The van der Waals surface area contributed by atoms with Crippen molar-refractivity contribution in [2.45, 2.75) is 0 Å². The van der Waals surface area contributed by atoms with E-state index in [0.717, 1.165) is 49.8 Å². The molecule has 0 aliphatic heterocycles. The summed E-state index contributed by atoms with van der Waals surface area (Å²) in [7, 11) is 0. The number of para-hydroxylation sites is 1. The Labute approximate surface area is 273 Å². The van der Waals surface area contributed by atoms with Crippen LogP contribution in [0.15, 0.2) is 146 Å². The Hall–Kier alpha value is -6.22. The van der Waals surface area contributed by atoms with Crippen LogP contribution >= 0.6 is 11.3 Å². The molecule has 0 bridgehead atoms. The summed E-state index contributed by atoms with van der Waals surface area (Å²) in [5.74, 6) is 0. The molecule has 0 radical (unpaired) electrons. The van der Waals surface area contributed by atoms with Gasteiger partial charge in [0.1, 0.15) is 0 Å². The highest BCUT2D eigenvalue weighted by Gasteiger charge is 2.17. The highest BCUT2D eigenvalue weighted by molar-refractivity contribution is 7.25. The van der Waals surface area contributed by atoms with Crippen LogP contribution in [0.4, 0.5) is 0 Å². The van der Waals surface area contributed by atoms with Gasteiger partial charge in [0.2, 0.25) is 0 Å². The van der Waals surface area contributed by atoms with Crippen LogP contribution in [0.1, 0.15) is 5.56 Å². The average Bonchev–Trinajstić information content (AvgIpc) is 3.77. The Morgan fingerprint density at radius 3 is 1.98 bits per heavy atom. The van der Waals surface area contributed by atoms with E-state index in [0.29, 0.717) is 5.56 Å². The molecule has 5 heteroatoms. The van der Waals surface area contributed by atoms with Crippen molar-refractivity contribution in [1.82, 2.24) is 14.1 Å². The number of thiophene rings is 1. The van der Waals surface area contributed by atoms with Gasteiger partial charge in [-0.25, -0.2) is 0 Å². The first-order chi connectivity index (χ1) is 23.2. The first kappa shape index (κ1) is 26.0. The molecule has 0 saturated carbocycles. The number of hydrogen-bond acceptors (Lipinski definition) is 3. The highest BCUT2D eigenvalue weighted by Crippen LogP contribution is 2.41. The van der Waals surface area contributed by atoms with Gasteiger partial charge < -0.3 is 9.13 Å². The number of hydrogen-bond donors (Lipinski definition) is 0. The predicted octanol–water partition coefficient (Wildman–Crippen LogP) is 11.2. The summed E-state index contributed by atoms with van der Waals surface area (Å²) in [5.41, 5.74) is 9.60. The van der Waals surface area contributed by atoms with Gasteiger partial charge in [0, 0.05) is 59.3 Å². The molecule has 10 rings (SSSR count). The van der Waals surface area contributed by atoms with Crippen LogP contribution in [0, 0.1) is 11.3 Å². The maximum Gasteiger partial charge on any atom is 0.0991 e. The van der Waals surface area contributed by atoms with Gasteiger partial charge in [-0.3, -0.25) is 4.98 Å². The minimum absolute atomic E-state index is 0.666. The third-order valence-electron chi connectivity index (χ3n) is 9.41. The van der Waals surface area contributed by atoms with E-state index < -0.39 is 0 Å². The lowest BCUT2D eigenvalue weighted by atomic mass is 10.0. The smallest absolute Gasteiger partial charge is 0.0991 e. The van der Waals surface area contributed by atoms with Crippen molar-refractivity contribution in [1.29, 1.82) is 5.26 Å². The van der Waals surface area contributed by atoms with E-state index in [-0.39, 0.29) is 0 Å². The second-order valence-corrected chi connectivity index (χ2v) is 13.1. The number of benzene rings is 6. The van der Waals surface area contributed by atoms with Gasteiger partial charge in [0.05, 0.1) is 39.9 Å². The molecule has 4 nitrogen and oxygen atoms in total. The lowest BCUT2D eigenvalue weighted by Gasteiger charge is -2.12. The van der Waals surface area contributed by atoms with E-state index in [1.165, 1.54) is 36.5 Å². The summed E-state index contributed by atoms with van der Waals surface area (Å²) >= 11 is 1.85. The molecule has 0 spiro atoms. The third kappa shape index (κ3) is 3.83. The molecule has 0 atom stereocenters. The Morgan fingerprint density at radius 1 is 0.489 bits per heavy atom. The van der Waals surface area contributed by atoms with E-state index in [9.17, 15) is 5.26 Å². The molecule has 0 aliphatic rings. The normalized spacial score (nSPS) is 11.8. The first-order valence-corrected chi connectivity index (χ1v) is 16.4. The largest absolute Gasteiger partial charge is 0.309 e. The lowest BCUT2D eigenvalue weighted by molar-refractivity contribution is 1.17. The van der Waals surface area contributed by atoms with Crippen molar-refractivity contribution >= 4 is 75.1 Å². The fraction of sp³-hybridized carbons (Fsp3) is 0. The second-order valence-electron chi connectivity index (χ2n) is 12.0. The molecular formula is C42H24N4S. The Morgan fingerprint density at radius 2 is 1.17 bits per heavy atom. The van der Waals surface area contributed by atoms with Gasteiger partial charge in [-0.05, 0) is 83.9 Å². The molecule has 10 aromatic rings. The molecule has 0 aliphatic carbocycles. The zero-order valence-corrected chi connectivity index (χ0v) is 25.9. The molecule has 0 fully saturated rings. The molecule has 4 heterocycles. The van der Waals surface area contributed by atoms with Gasteiger partial charge in [0.15, 0.2) is 0 Å². The summed E-state index contributed by atoms with van der Waals surface area (Å²) in [6.07, 6.45) is 3.87. The minimum atomic E-state index is 0.666. The summed E-state index contributed by atoms with van der Waals surface area (Å²) in [6, 6.07) is 49.7. The summed E-state index contributed by atoms with van der Waals surface area (Å²) in [4.78, 5) is 4.54. The number of pyridine rings is 1. The summed E-state index contributed by atoms with van der Waals surface area (Å²) in [5, 5.41) is 16.8. The predicted molar refractivity (Wildman–Crippen MR) is 196 cm³/mol. The Kier molecular flexibility index (Phi) is 5.48. The number of fused-ring (bicyclic) bond motifs is 9. The van der Waals surface area contributed by atoms with Crippen LogP contribution in [-0.4, -0.2) is 14.1 Å². The molecule has 218 valence electrons. The van der Waals surface area contributed by atoms with Crippen LogP contribution in [0.2, 0.25) is 0 Å². The summed E-state index contributed by atoms with van der Waals surface area (Å²) in [6.45, 7) is 0. The number of rotatable bonds is 3. The van der Waals surface area contributed by atoms with Crippen LogP contribution in [0.25, 0.3) is 86.3 Å². The number of aromatic nitrogens is 3. The van der Waals surface area contributed by atoms with Crippen LogP contribution in [0.5, 0.6) is 0 Å². The SMILES string of the molecule is N#Cc1ccc2c(c1)c1ccccc1n2-c1cccc(-c2cccc(-n3c4cnccc4c4cc5c(cc43)sc3ccccc35)c2)c1. The van der Waals surface area contributed by atoms with E-state index >= 15 is 0 Å². The molecule has 0 unspecified atom stereocenters. The van der Waals surface area contributed by atoms with Crippen LogP contribution in [-0.2, 0) is 0 Å². The Bertz CT molecular complexity index is 2930. The number of nitrogens with zero attached hydrogens (tertiary/aromatic N) is 4. The number of nitriles is 1. The van der Waals surface area contributed by atoms with Crippen molar-refractivity contribution in [2.75, 3.05) is 0 Å². The molecule has 0 saturated heterocycles. The van der Waals surface area contributed by atoms with Crippen molar-refractivity contribution in [3.63, 3.8) is 0 Å². The van der Waals surface area contributed by atoms with E-state index in [1.807, 2.05) is 35.9 Å². The summed E-state index contributed by atoms with van der Waals surface area (Å²) < 4.78 is 7.25. The van der Waals surface area contributed by atoms with Crippen molar-refractivity contribution in [3.05, 3.63) is 151 Å². The third-order valence-corrected chi connectivity index (χ3v) is 10.5. The van der Waals surface area contributed by atoms with Gasteiger partial charge in [-0.1, -0.05) is 60.7 Å². The molecule has 0 amide bonds. The van der Waals surface area contributed by atoms with Crippen molar-refractivity contribution < 1.29 is 0 Å². The van der Waals surface area contributed by atoms with Gasteiger partial charge >= 0.3 is 0 Å². The van der Waals surface area contributed by atoms with Crippen LogP contribution < -0.4 is 0 Å². The maximum atomic E-state index is 9.58. The lowest BCUT2D eigenvalue weighted by Crippen LogP contribution is -1.96. The zero-order chi connectivity index (χ0) is 31.1. The second kappa shape index (κ2) is 9.89. The molecule has 0 N–H and O–H groups in total. The average molecular weight is 617 g/mol. The zero-order valence-electron chi connectivity index (χ0n) is 25.1. The highest BCUT2D eigenvalue weighted by atomic mass is 32.1. The molecule has 6 aromatic carbocycles. The van der Waals surface area contributed by atoms with Gasteiger partial charge in [-0.15, -0.1) is 11.3 Å². The minimum Gasteiger partial charge on any atom is -0.309 e. The standard InChI is InChI=1S/C42H24N4S/c43-24-26-15-16-38-34(19-26)31-11-1-3-13-37(31)45(38)29-9-5-7-27(20-29)28-8-6-10-30(21-28)46-39-23-42-36(33-12-2-4-14-41(33)47-42)22-35(39)32-17-18-44-25-40(32)46/h1-23,25H. The maximum absolute atomic E-state index is 9.58. The van der Waals surface area contributed by atoms with Crippen LogP contribution in [0.3, 0.4) is 0 Å². The van der Waals surface area contributed by atoms with Gasteiger partial charge in [-0.2, -0.15) is 5.26 Å². The van der Waals surface area contributed by atoms with Gasteiger partial charge in [0.25, 0.3) is 0 Å². The monoisotopic (exact) mass is 616 g/mol. The first-order valence-electron chi connectivity index (χ1n) is 15.6. The quantitative estimate of drug-likeness (QED) is 0.198. The van der Waals surface area contributed by atoms with Crippen molar-refractivity contribution in [2.24, 2.45) is 0 Å². The van der Waals surface area contributed by atoms with Crippen molar-refractivity contribution in [3.8, 4) is 28.6 Å². The fourth-order valence-electron chi connectivity index (χ4n) is 7.33. The van der Waals surface area contributed by atoms with E-state index in [4.69, 9.17) is 0 Å². The molecule has 47 heavy (non-hydrogen) atoms. The topological polar surface area (TPSA) is 46.5 Å². The van der Waals surface area contributed by atoms with E-state index in [1.54, 1.807) is 0 Å². The molecular weight excluding hydrogens is 593 g/mol. The fourth-order valence-corrected chi connectivity index (χ4v) is 8.45. The Balaban J connectivity index is 1.16. The van der Waals surface area contributed by atoms with E-state index in [2.05, 4.69) is 142 Å².